The van der Waals surface area contributed by atoms with Gasteiger partial charge in [-0.3, -0.25) is 4.79 Å². The van der Waals surface area contributed by atoms with Crippen molar-refractivity contribution in [3.8, 4) is 0 Å². The Kier molecular flexibility index (Phi) is 3.09. The fourth-order valence-electron chi connectivity index (χ4n) is 0.888. The maximum absolute atomic E-state index is 11.5. The van der Waals surface area contributed by atoms with E-state index in [0.717, 1.165) is 0 Å². The number of ketones is 1. The molecule has 0 bridgehead atoms. The molecule has 0 spiro atoms. The zero-order chi connectivity index (χ0) is 9.84. The van der Waals surface area contributed by atoms with Crippen LogP contribution in [0.15, 0.2) is 36.6 Å². The fourth-order valence-corrected chi connectivity index (χ4v) is 1.11. The number of methoxy groups -OCH3 is 1. The van der Waals surface area contributed by atoms with Crippen molar-refractivity contribution < 1.29 is 9.53 Å². The number of hydrogen-bond donors (Lipinski definition) is 0. The number of benzene rings is 1. The van der Waals surface area contributed by atoms with Crippen molar-refractivity contribution >= 4 is 17.4 Å². The Morgan fingerprint density at radius 1 is 1.46 bits per heavy atom. The molecule has 0 radical (unpaired) electrons. The second-order valence-corrected chi connectivity index (χ2v) is 2.84. The van der Waals surface area contributed by atoms with Crippen molar-refractivity contribution in [2.24, 2.45) is 0 Å². The second-order valence-electron chi connectivity index (χ2n) is 2.44. The lowest BCUT2D eigenvalue weighted by molar-refractivity contribution is 0.0955. The van der Waals surface area contributed by atoms with E-state index in [1.54, 1.807) is 24.3 Å². The molecule has 3 heteroatoms. The largest absolute Gasteiger partial charge is 0.493 e. The third-order valence-electron chi connectivity index (χ3n) is 1.62. The third-order valence-corrected chi connectivity index (χ3v) is 1.95. The molecule has 13 heavy (non-hydrogen) atoms. The second kappa shape index (κ2) is 4.10. The van der Waals surface area contributed by atoms with E-state index in [4.69, 9.17) is 16.3 Å². The molecule has 0 aromatic heterocycles. The smallest absolute Gasteiger partial charge is 0.228 e. The summed E-state index contributed by atoms with van der Waals surface area (Å²) in [7, 11) is 1.40. The Balaban J connectivity index is 3.02. The summed E-state index contributed by atoms with van der Waals surface area (Å²) in [5.41, 5.74) is 0.413. The van der Waals surface area contributed by atoms with E-state index in [-0.39, 0.29) is 11.5 Å². The Labute approximate surface area is 81.8 Å². The first-order valence-electron chi connectivity index (χ1n) is 3.69. The van der Waals surface area contributed by atoms with E-state index in [2.05, 4.69) is 6.58 Å². The van der Waals surface area contributed by atoms with Crippen molar-refractivity contribution in [3.05, 3.63) is 47.2 Å². The SMILES string of the molecule is C=C(OC)C(=O)c1ccccc1Cl. The molecule has 0 fully saturated rings. The predicted octanol–water partition coefficient (Wildman–Crippen LogP) is 2.68. The summed E-state index contributed by atoms with van der Waals surface area (Å²) in [6.45, 7) is 3.46. The number of rotatable bonds is 3. The normalized spacial score (nSPS) is 9.38. The van der Waals surface area contributed by atoms with Crippen molar-refractivity contribution in [3.63, 3.8) is 0 Å². The average Bonchev–Trinajstić information content (AvgIpc) is 2.16. The number of ether oxygens (including phenoxy) is 1. The Hall–Kier alpha value is -1.28. The van der Waals surface area contributed by atoms with Crippen LogP contribution in [-0.4, -0.2) is 12.9 Å². The molecule has 0 N–H and O–H groups in total. The number of carbonyl (C=O) groups is 1. The highest BCUT2D eigenvalue weighted by Crippen LogP contribution is 2.17. The van der Waals surface area contributed by atoms with Crippen molar-refractivity contribution in [2.75, 3.05) is 7.11 Å². The van der Waals surface area contributed by atoms with Crippen LogP contribution in [0.3, 0.4) is 0 Å². The maximum Gasteiger partial charge on any atom is 0.228 e. The van der Waals surface area contributed by atoms with Crippen LogP contribution in [0.5, 0.6) is 0 Å². The first kappa shape index (κ1) is 9.81. The summed E-state index contributed by atoms with van der Waals surface area (Å²) < 4.78 is 4.72. The molecular weight excluding hydrogens is 188 g/mol. The van der Waals surface area contributed by atoms with Gasteiger partial charge in [0.15, 0.2) is 5.76 Å². The highest BCUT2D eigenvalue weighted by atomic mass is 35.5. The van der Waals surface area contributed by atoms with Crippen LogP contribution in [0.4, 0.5) is 0 Å². The molecule has 0 aliphatic rings. The highest BCUT2D eigenvalue weighted by molar-refractivity contribution is 6.34. The van der Waals surface area contributed by atoms with Gasteiger partial charge in [-0.25, -0.2) is 0 Å². The van der Waals surface area contributed by atoms with Gasteiger partial charge in [-0.05, 0) is 12.1 Å². The molecule has 0 saturated heterocycles. The minimum atomic E-state index is -0.284. The summed E-state index contributed by atoms with van der Waals surface area (Å²) in [5, 5.41) is 0.408. The monoisotopic (exact) mass is 196 g/mol. The Morgan fingerprint density at radius 3 is 2.62 bits per heavy atom. The van der Waals surface area contributed by atoms with Gasteiger partial charge in [0.25, 0.3) is 0 Å². The Bertz CT molecular complexity index is 345. The van der Waals surface area contributed by atoms with E-state index >= 15 is 0 Å². The van der Waals surface area contributed by atoms with E-state index < -0.39 is 0 Å². The first-order valence-corrected chi connectivity index (χ1v) is 4.06. The molecule has 0 saturated carbocycles. The molecule has 0 aliphatic heterocycles. The third kappa shape index (κ3) is 2.10. The molecule has 0 atom stereocenters. The van der Waals surface area contributed by atoms with Gasteiger partial charge in [-0.2, -0.15) is 0 Å². The van der Waals surface area contributed by atoms with Gasteiger partial charge in [0.05, 0.1) is 12.1 Å². The van der Waals surface area contributed by atoms with Crippen LogP contribution < -0.4 is 0 Å². The predicted molar refractivity (Wildman–Crippen MR) is 51.9 cm³/mol. The summed E-state index contributed by atoms with van der Waals surface area (Å²) in [4.78, 5) is 11.5. The molecule has 0 aliphatic carbocycles. The van der Waals surface area contributed by atoms with Crippen LogP contribution in [0.25, 0.3) is 0 Å². The zero-order valence-corrected chi connectivity index (χ0v) is 7.97. The minimum absolute atomic E-state index is 0.0908. The molecule has 68 valence electrons. The van der Waals surface area contributed by atoms with Gasteiger partial charge in [0, 0.05) is 5.56 Å². The van der Waals surface area contributed by atoms with Crippen LogP contribution in [0.1, 0.15) is 10.4 Å². The van der Waals surface area contributed by atoms with Crippen LogP contribution >= 0.6 is 11.6 Å². The number of carbonyl (C=O) groups excluding carboxylic acids is 1. The fraction of sp³-hybridized carbons (Fsp3) is 0.100. The van der Waals surface area contributed by atoms with Crippen molar-refractivity contribution in [1.82, 2.24) is 0 Å². The standard InChI is InChI=1S/C10H9ClO2/c1-7(13-2)10(12)8-5-3-4-6-9(8)11/h3-6H,1H2,2H3. The molecular formula is C10H9ClO2. The zero-order valence-electron chi connectivity index (χ0n) is 7.21. The molecule has 2 nitrogen and oxygen atoms in total. The summed E-state index contributed by atoms with van der Waals surface area (Å²) in [5.74, 6) is -0.193. The topological polar surface area (TPSA) is 26.3 Å². The van der Waals surface area contributed by atoms with Crippen LogP contribution in [0, 0.1) is 0 Å². The van der Waals surface area contributed by atoms with Crippen molar-refractivity contribution in [2.45, 2.75) is 0 Å². The quantitative estimate of drug-likeness (QED) is 0.422. The summed E-state index contributed by atoms with van der Waals surface area (Å²) >= 11 is 5.80. The van der Waals surface area contributed by atoms with Crippen LogP contribution in [-0.2, 0) is 4.74 Å². The van der Waals surface area contributed by atoms with Gasteiger partial charge in [0.2, 0.25) is 5.78 Å². The lowest BCUT2D eigenvalue weighted by atomic mass is 10.1. The van der Waals surface area contributed by atoms with Crippen molar-refractivity contribution in [1.29, 1.82) is 0 Å². The maximum atomic E-state index is 11.5. The molecule has 1 rings (SSSR count). The molecule has 1 aromatic carbocycles. The lowest BCUT2D eigenvalue weighted by Gasteiger charge is -2.04. The molecule has 1 aromatic rings. The number of allylic oxidation sites excluding steroid dienone is 1. The molecule has 0 amide bonds. The van der Waals surface area contributed by atoms with E-state index in [1.807, 2.05) is 0 Å². The van der Waals surface area contributed by atoms with Gasteiger partial charge < -0.3 is 4.74 Å². The molecule has 0 unspecified atom stereocenters. The number of Topliss-reactive ketones (excluding diaryl/α,β-unsaturated/α-hetero) is 1. The first-order chi connectivity index (χ1) is 6.16. The highest BCUT2D eigenvalue weighted by Gasteiger charge is 2.12. The van der Waals surface area contributed by atoms with Gasteiger partial charge in [-0.1, -0.05) is 30.3 Å². The Morgan fingerprint density at radius 2 is 2.08 bits per heavy atom. The number of hydrogen-bond acceptors (Lipinski definition) is 2. The van der Waals surface area contributed by atoms with Gasteiger partial charge in [0.1, 0.15) is 0 Å². The summed E-state index contributed by atoms with van der Waals surface area (Å²) in [6.07, 6.45) is 0. The number of halogens is 1. The lowest BCUT2D eigenvalue weighted by Crippen LogP contribution is -2.04. The van der Waals surface area contributed by atoms with E-state index in [0.29, 0.717) is 10.6 Å². The average molecular weight is 197 g/mol. The molecule has 0 heterocycles. The van der Waals surface area contributed by atoms with Gasteiger partial charge >= 0.3 is 0 Å². The van der Waals surface area contributed by atoms with E-state index in [9.17, 15) is 4.79 Å². The minimum Gasteiger partial charge on any atom is -0.493 e. The van der Waals surface area contributed by atoms with E-state index in [1.165, 1.54) is 7.11 Å². The van der Waals surface area contributed by atoms with Crippen LogP contribution in [0.2, 0.25) is 5.02 Å². The summed E-state index contributed by atoms with van der Waals surface area (Å²) in [6, 6.07) is 6.78. The van der Waals surface area contributed by atoms with Gasteiger partial charge in [-0.15, -0.1) is 0 Å².